The predicted molar refractivity (Wildman–Crippen MR) is 140 cm³/mol. The number of anilines is 3. The molecule has 1 aliphatic heterocycles. The topological polar surface area (TPSA) is 67.2 Å². The lowest BCUT2D eigenvalue weighted by Gasteiger charge is -2.53. The summed E-state index contributed by atoms with van der Waals surface area (Å²) in [6.07, 6.45) is 2.99. The van der Waals surface area contributed by atoms with Crippen LogP contribution >= 0.6 is 0 Å². The molecule has 188 valence electrons. The maximum absolute atomic E-state index is 14.7. The molecular formula is C27H37FN6O. The highest BCUT2D eigenvalue weighted by molar-refractivity contribution is 5.63. The molecule has 0 aliphatic carbocycles. The molecule has 2 aromatic heterocycles. The first-order valence-electron chi connectivity index (χ1n) is 12.0. The molecule has 3 heterocycles. The lowest BCUT2D eigenvalue weighted by atomic mass is 9.77. The Balaban J connectivity index is 1.59. The van der Waals surface area contributed by atoms with Gasteiger partial charge in [-0.25, -0.2) is 9.37 Å². The van der Waals surface area contributed by atoms with Crippen LogP contribution in [-0.2, 0) is 0 Å². The molecule has 0 radical (unpaired) electrons. The third kappa shape index (κ3) is 4.98. The van der Waals surface area contributed by atoms with Crippen molar-refractivity contribution in [1.82, 2.24) is 19.4 Å². The Morgan fingerprint density at radius 1 is 1.03 bits per heavy atom. The minimum absolute atomic E-state index is 0.0156. The number of nitrogens with zero attached hydrogens (tertiary/aromatic N) is 4. The molecule has 0 atom stereocenters. The molecule has 3 aromatic rings. The minimum Gasteiger partial charge on any atom is -0.495 e. The molecule has 1 aliphatic rings. The molecule has 1 aromatic carbocycles. The summed E-state index contributed by atoms with van der Waals surface area (Å²) in [5.74, 6) is 0.846. The van der Waals surface area contributed by atoms with Gasteiger partial charge in [0.25, 0.3) is 0 Å². The summed E-state index contributed by atoms with van der Waals surface area (Å²) in [5, 5.41) is 6.59. The molecule has 2 N–H and O–H groups in total. The van der Waals surface area contributed by atoms with Gasteiger partial charge < -0.3 is 19.9 Å². The average Bonchev–Trinajstić information content (AvgIpc) is 3.11. The summed E-state index contributed by atoms with van der Waals surface area (Å²) in [7, 11) is 3.82. The minimum atomic E-state index is -0.459. The number of piperidine rings is 1. The van der Waals surface area contributed by atoms with Crippen LogP contribution in [0.3, 0.4) is 0 Å². The normalized spacial score (nSPS) is 17.9. The van der Waals surface area contributed by atoms with Gasteiger partial charge in [-0.1, -0.05) is 0 Å². The number of benzene rings is 1. The SMILES string of the molecule is COc1ccc(Nc2ncc(F)c(NC3CC(C)(C)N(C)C(C)(C)C3)n2)cc1-n1c(C)ccc1C. The first-order chi connectivity index (χ1) is 16.4. The highest BCUT2D eigenvalue weighted by atomic mass is 19.1. The smallest absolute Gasteiger partial charge is 0.229 e. The lowest BCUT2D eigenvalue weighted by Crippen LogP contribution is -2.61. The van der Waals surface area contributed by atoms with Crippen molar-refractivity contribution in [2.75, 3.05) is 24.8 Å². The van der Waals surface area contributed by atoms with Crippen LogP contribution in [0.15, 0.2) is 36.5 Å². The van der Waals surface area contributed by atoms with Crippen LogP contribution in [0.25, 0.3) is 5.69 Å². The van der Waals surface area contributed by atoms with Crippen LogP contribution in [0.2, 0.25) is 0 Å². The van der Waals surface area contributed by atoms with E-state index in [0.717, 1.165) is 41.4 Å². The van der Waals surface area contributed by atoms with Gasteiger partial charge in [0, 0.05) is 34.2 Å². The van der Waals surface area contributed by atoms with E-state index in [0.29, 0.717) is 5.95 Å². The fraction of sp³-hybridized carbons (Fsp3) is 0.481. The second-order valence-corrected chi connectivity index (χ2v) is 10.8. The van der Waals surface area contributed by atoms with Gasteiger partial charge in [-0.2, -0.15) is 4.98 Å². The summed E-state index contributed by atoms with van der Waals surface area (Å²) >= 11 is 0. The number of hydrogen-bond acceptors (Lipinski definition) is 6. The molecule has 1 saturated heterocycles. The standard InChI is InChI=1S/C27H37FN6O/c1-17-9-10-18(2)34(17)22-13-19(11-12-23(22)35-8)31-25-29-16-21(28)24(32-25)30-20-14-26(3,4)33(7)27(5,6)15-20/h9-13,16,20H,14-15H2,1-8H3,(H2,29,30,31,32). The van der Waals surface area contributed by atoms with E-state index in [1.54, 1.807) is 7.11 Å². The van der Waals surface area contributed by atoms with Gasteiger partial charge in [0.2, 0.25) is 5.95 Å². The second-order valence-electron chi connectivity index (χ2n) is 10.8. The third-order valence-corrected chi connectivity index (χ3v) is 7.34. The van der Waals surface area contributed by atoms with E-state index in [9.17, 15) is 4.39 Å². The molecule has 0 saturated carbocycles. The molecule has 1 fully saturated rings. The van der Waals surface area contributed by atoms with Crippen molar-refractivity contribution in [2.45, 2.75) is 71.5 Å². The number of rotatable bonds is 6. The van der Waals surface area contributed by atoms with Crippen molar-refractivity contribution < 1.29 is 9.13 Å². The van der Waals surface area contributed by atoms with Crippen molar-refractivity contribution in [3.63, 3.8) is 0 Å². The summed E-state index contributed by atoms with van der Waals surface area (Å²) in [4.78, 5) is 11.1. The van der Waals surface area contributed by atoms with Gasteiger partial charge in [0.1, 0.15) is 5.75 Å². The number of likely N-dealkylation sites (tertiary alicyclic amines) is 1. The molecule has 0 unspecified atom stereocenters. The molecule has 0 amide bonds. The van der Waals surface area contributed by atoms with Gasteiger partial charge in [0.05, 0.1) is 19.0 Å². The van der Waals surface area contributed by atoms with Crippen LogP contribution < -0.4 is 15.4 Å². The maximum Gasteiger partial charge on any atom is 0.229 e. The zero-order chi connectivity index (χ0) is 25.5. The predicted octanol–water partition coefficient (Wildman–Crippen LogP) is 5.84. The zero-order valence-electron chi connectivity index (χ0n) is 22.0. The second kappa shape index (κ2) is 9.15. The van der Waals surface area contributed by atoms with Crippen molar-refractivity contribution >= 4 is 17.5 Å². The molecule has 7 nitrogen and oxygen atoms in total. The Labute approximate surface area is 207 Å². The third-order valence-electron chi connectivity index (χ3n) is 7.34. The summed E-state index contributed by atoms with van der Waals surface area (Å²) < 4.78 is 22.5. The molecular weight excluding hydrogens is 443 g/mol. The summed E-state index contributed by atoms with van der Waals surface area (Å²) in [6.45, 7) is 13.0. The Morgan fingerprint density at radius 3 is 2.26 bits per heavy atom. The number of nitrogens with one attached hydrogen (secondary N) is 2. The van der Waals surface area contributed by atoms with E-state index in [-0.39, 0.29) is 22.9 Å². The Kier molecular flexibility index (Phi) is 6.53. The van der Waals surface area contributed by atoms with Gasteiger partial charge in [-0.3, -0.25) is 4.90 Å². The van der Waals surface area contributed by atoms with Crippen molar-refractivity contribution in [2.24, 2.45) is 0 Å². The van der Waals surface area contributed by atoms with E-state index in [2.05, 4.69) is 90.8 Å². The average molecular weight is 481 g/mol. The maximum atomic E-state index is 14.7. The number of ether oxygens (including phenoxy) is 1. The first-order valence-corrected chi connectivity index (χ1v) is 12.0. The van der Waals surface area contributed by atoms with Crippen LogP contribution in [-0.4, -0.2) is 50.7 Å². The number of hydrogen-bond donors (Lipinski definition) is 2. The summed E-state index contributed by atoms with van der Waals surface area (Å²) in [6, 6.07) is 10.0. The quantitative estimate of drug-likeness (QED) is 0.462. The number of methoxy groups -OCH3 is 1. The van der Waals surface area contributed by atoms with Crippen LogP contribution in [0.1, 0.15) is 51.9 Å². The van der Waals surface area contributed by atoms with Crippen LogP contribution in [0.4, 0.5) is 21.8 Å². The van der Waals surface area contributed by atoms with Crippen molar-refractivity contribution in [1.29, 1.82) is 0 Å². The van der Waals surface area contributed by atoms with E-state index in [1.807, 2.05) is 18.2 Å². The van der Waals surface area contributed by atoms with Crippen molar-refractivity contribution in [3.05, 3.63) is 53.7 Å². The molecule has 0 spiro atoms. The highest BCUT2D eigenvalue weighted by Crippen LogP contribution is 2.38. The molecule has 4 rings (SSSR count). The number of aromatic nitrogens is 3. The Hall–Kier alpha value is -3.13. The molecule has 0 bridgehead atoms. The molecule has 35 heavy (non-hydrogen) atoms. The van der Waals surface area contributed by atoms with E-state index < -0.39 is 5.82 Å². The highest BCUT2D eigenvalue weighted by Gasteiger charge is 2.43. The van der Waals surface area contributed by atoms with E-state index in [4.69, 9.17) is 4.74 Å². The summed E-state index contributed by atoms with van der Waals surface area (Å²) in [5.41, 5.74) is 3.87. The van der Waals surface area contributed by atoms with E-state index >= 15 is 0 Å². The number of halogens is 1. The van der Waals surface area contributed by atoms with Crippen LogP contribution in [0, 0.1) is 19.7 Å². The monoisotopic (exact) mass is 480 g/mol. The van der Waals surface area contributed by atoms with Gasteiger partial charge in [-0.15, -0.1) is 0 Å². The molecule has 8 heteroatoms. The van der Waals surface area contributed by atoms with Crippen molar-refractivity contribution in [3.8, 4) is 11.4 Å². The van der Waals surface area contributed by atoms with Crippen LogP contribution in [0.5, 0.6) is 5.75 Å². The van der Waals surface area contributed by atoms with Gasteiger partial charge >= 0.3 is 0 Å². The van der Waals surface area contributed by atoms with Gasteiger partial charge in [0.15, 0.2) is 11.6 Å². The lowest BCUT2D eigenvalue weighted by molar-refractivity contribution is -0.00778. The number of aryl methyl sites for hydroxylation is 2. The fourth-order valence-corrected chi connectivity index (χ4v) is 5.32. The van der Waals surface area contributed by atoms with Gasteiger partial charge in [-0.05, 0) is 91.8 Å². The zero-order valence-corrected chi connectivity index (χ0v) is 22.0. The first kappa shape index (κ1) is 25.0. The fourth-order valence-electron chi connectivity index (χ4n) is 5.32. The Morgan fingerprint density at radius 2 is 1.66 bits per heavy atom. The Bertz CT molecular complexity index is 1180. The van der Waals surface area contributed by atoms with E-state index in [1.165, 1.54) is 6.20 Å². The largest absolute Gasteiger partial charge is 0.495 e.